The van der Waals surface area contributed by atoms with Crippen LogP contribution in [-0.2, 0) is 11.3 Å². The molecule has 102 valence electrons. The fourth-order valence-corrected chi connectivity index (χ4v) is 3.19. The van der Waals surface area contributed by atoms with E-state index in [-0.39, 0.29) is 5.75 Å². The van der Waals surface area contributed by atoms with Crippen LogP contribution in [0.1, 0.15) is 30.3 Å². The molecule has 0 bridgehead atoms. The Bertz CT molecular complexity index is 547. The lowest BCUT2D eigenvalue weighted by atomic mass is 10.1. The van der Waals surface area contributed by atoms with Gasteiger partial charge in [0.25, 0.3) is 0 Å². The van der Waals surface area contributed by atoms with E-state index in [1.807, 2.05) is 17.6 Å². The molecule has 0 aromatic carbocycles. The predicted octanol–water partition coefficient (Wildman–Crippen LogP) is 3.29. The second-order valence-electron chi connectivity index (χ2n) is 4.47. The van der Waals surface area contributed by atoms with Gasteiger partial charge >= 0.3 is 5.97 Å². The van der Waals surface area contributed by atoms with E-state index in [1.54, 1.807) is 11.3 Å². The fourth-order valence-electron chi connectivity index (χ4n) is 1.79. The number of rotatable bonds is 6. The van der Waals surface area contributed by atoms with Gasteiger partial charge in [0.05, 0.1) is 12.3 Å². The molecule has 0 saturated heterocycles. The van der Waals surface area contributed by atoms with Gasteiger partial charge < -0.3 is 9.67 Å². The second-order valence-corrected chi connectivity index (χ2v) is 6.44. The highest BCUT2D eigenvalue weighted by atomic mass is 32.2. The molecule has 2 aromatic rings. The molecule has 1 N–H and O–H groups in total. The molecule has 2 rings (SSSR count). The molecule has 0 aliphatic heterocycles. The molecule has 19 heavy (non-hydrogen) atoms. The molecule has 0 aliphatic rings. The maximum atomic E-state index is 10.7. The Hall–Kier alpha value is -1.27. The Kier molecular flexibility index (Phi) is 4.66. The number of hydrogen-bond donors (Lipinski definition) is 1. The number of hydrogen-bond acceptors (Lipinski definition) is 4. The van der Waals surface area contributed by atoms with E-state index in [4.69, 9.17) is 5.11 Å². The van der Waals surface area contributed by atoms with Crippen LogP contribution >= 0.6 is 23.1 Å². The molecule has 0 amide bonds. The normalized spacial score (nSPS) is 11.1. The minimum absolute atomic E-state index is 0.0407. The van der Waals surface area contributed by atoms with Crippen LogP contribution in [0.15, 0.2) is 28.9 Å². The van der Waals surface area contributed by atoms with Crippen molar-refractivity contribution < 1.29 is 9.90 Å². The number of imidazole rings is 1. The molecule has 2 aromatic heterocycles. The molecule has 6 heteroatoms. The minimum Gasteiger partial charge on any atom is -0.481 e. The molecule has 2 heterocycles. The van der Waals surface area contributed by atoms with Gasteiger partial charge in [-0.15, -0.1) is 11.3 Å². The quantitative estimate of drug-likeness (QED) is 0.831. The van der Waals surface area contributed by atoms with Gasteiger partial charge in [-0.1, -0.05) is 31.7 Å². The average molecular weight is 296 g/mol. The van der Waals surface area contributed by atoms with Crippen LogP contribution in [0.5, 0.6) is 0 Å². The minimum atomic E-state index is -0.818. The standard InChI is InChI=1S/C13H16N2O2S2/c1-9(2)11-6-14-13(19-8-12(16)17)15(11)7-10-4-3-5-18-10/h3-6,9H,7-8H2,1-2H3,(H,16,17). The lowest BCUT2D eigenvalue weighted by Gasteiger charge is -2.12. The van der Waals surface area contributed by atoms with Gasteiger partial charge in [0.1, 0.15) is 0 Å². The first-order valence-electron chi connectivity index (χ1n) is 6.00. The Morgan fingerprint density at radius 2 is 2.37 bits per heavy atom. The summed E-state index contributed by atoms with van der Waals surface area (Å²) in [5.74, 6) is -0.410. The average Bonchev–Trinajstić information content (AvgIpc) is 2.96. The van der Waals surface area contributed by atoms with Crippen LogP contribution in [0.25, 0.3) is 0 Å². The third-order valence-electron chi connectivity index (χ3n) is 2.66. The summed E-state index contributed by atoms with van der Waals surface area (Å²) >= 11 is 2.97. The lowest BCUT2D eigenvalue weighted by molar-refractivity contribution is -0.133. The molecule has 0 fully saturated rings. The van der Waals surface area contributed by atoms with E-state index in [2.05, 4.69) is 29.5 Å². The van der Waals surface area contributed by atoms with E-state index >= 15 is 0 Å². The SMILES string of the molecule is CC(C)c1cnc(SCC(=O)O)n1Cc1cccs1. The zero-order valence-corrected chi connectivity index (χ0v) is 12.5. The first kappa shape index (κ1) is 14.1. The summed E-state index contributed by atoms with van der Waals surface area (Å²) in [6.07, 6.45) is 1.85. The smallest absolute Gasteiger partial charge is 0.313 e. The van der Waals surface area contributed by atoms with Crippen LogP contribution < -0.4 is 0 Å². The molecule has 4 nitrogen and oxygen atoms in total. The Labute approximate surface area is 120 Å². The summed E-state index contributed by atoms with van der Waals surface area (Å²) < 4.78 is 2.12. The van der Waals surface area contributed by atoms with E-state index < -0.39 is 5.97 Å². The third kappa shape index (κ3) is 3.61. The highest BCUT2D eigenvalue weighted by Gasteiger charge is 2.14. The first-order chi connectivity index (χ1) is 9.08. The summed E-state index contributed by atoms with van der Waals surface area (Å²) in [5, 5.41) is 11.6. The molecular weight excluding hydrogens is 280 g/mol. The number of aromatic nitrogens is 2. The summed E-state index contributed by atoms with van der Waals surface area (Å²) in [5.41, 5.74) is 1.14. The maximum Gasteiger partial charge on any atom is 0.313 e. The summed E-state index contributed by atoms with van der Waals surface area (Å²) in [7, 11) is 0. The van der Waals surface area contributed by atoms with Crippen LogP contribution in [0.2, 0.25) is 0 Å². The number of aliphatic carboxylic acids is 1. The van der Waals surface area contributed by atoms with Crippen LogP contribution in [0.4, 0.5) is 0 Å². The number of carboxylic acids is 1. The summed E-state index contributed by atoms with van der Waals surface area (Å²) in [6.45, 7) is 4.99. The van der Waals surface area contributed by atoms with E-state index in [9.17, 15) is 4.79 Å². The number of thioether (sulfide) groups is 1. The lowest BCUT2D eigenvalue weighted by Crippen LogP contribution is -2.07. The number of thiophene rings is 1. The molecule has 0 atom stereocenters. The topological polar surface area (TPSA) is 55.1 Å². The van der Waals surface area contributed by atoms with Crippen molar-refractivity contribution in [2.45, 2.75) is 31.5 Å². The van der Waals surface area contributed by atoms with Crippen molar-refractivity contribution in [1.82, 2.24) is 9.55 Å². The van der Waals surface area contributed by atoms with Crippen molar-refractivity contribution in [3.63, 3.8) is 0 Å². The van der Waals surface area contributed by atoms with E-state index in [0.717, 1.165) is 17.4 Å². The summed E-state index contributed by atoms with van der Waals surface area (Å²) in [4.78, 5) is 16.3. The second kappa shape index (κ2) is 6.25. The summed E-state index contributed by atoms with van der Waals surface area (Å²) in [6, 6.07) is 4.11. The fraction of sp³-hybridized carbons (Fsp3) is 0.385. The van der Waals surface area contributed by atoms with E-state index in [0.29, 0.717) is 5.92 Å². The van der Waals surface area contributed by atoms with Crippen molar-refractivity contribution in [1.29, 1.82) is 0 Å². The third-order valence-corrected chi connectivity index (χ3v) is 4.50. The number of nitrogens with zero attached hydrogens (tertiary/aromatic N) is 2. The number of carbonyl (C=O) groups is 1. The molecule has 0 unspecified atom stereocenters. The Balaban J connectivity index is 2.25. The molecule has 0 saturated carbocycles. The number of carboxylic acid groups (broad SMARTS) is 1. The Morgan fingerprint density at radius 1 is 1.58 bits per heavy atom. The van der Waals surface area contributed by atoms with Gasteiger partial charge in [-0.05, 0) is 17.4 Å². The predicted molar refractivity (Wildman–Crippen MR) is 78.1 cm³/mol. The Morgan fingerprint density at radius 3 is 2.95 bits per heavy atom. The van der Waals surface area contributed by atoms with Crippen molar-refractivity contribution in [3.05, 3.63) is 34.3 Å². The molecule has 0 aliphatic carbocycles. The van der Waals surface area contributed by atoms with Crippen LogP contribution in [-0.4, -0.2) is 26.4 Å². The van der Waals surface area contributed by atoms with Crippen LogP contribution in [0, 0.1) is 0 Å². The van der Waals surface area contributed by atoms with E-state index in [1.165, 1.54) is 16.6 Å². The van der Waals surface area contributed by atoms with Gasteiger partial charge in [0.15, 0.2) is 5.16 Å². The highest BCUT2D eigenvalue weighted by molar-refractivity contribution is 7.99. The van der Waals surface area contributed by atoms with Crippen molar-refractivity contribution in [2.24, 2.45) is 0 Å². The highest BCUT2D eigenvalue weighted by Crippen LogP contribution is 2.25. The molecule has 0 spiro atoms. The van der Waals surface area contributed by atoms with Gasteiger partial charge in [-0.25, -0.2) is 4.98 Å². The molecule has 0 radical (unpaired) electrons. The van der Waals surface area contributed by atoms with Gasteiger partial charge in [0.2, 0.25) is 0 Å². The zero-order valence-electron chi connectivity index (χ0n) is 10.9. The van der Waals surface area contributed by atoms with Crippen molar-refractivity contribution in [3.8, 4) is 0 Å². The van der Waals surface area contributed by atoms with Gasteiger partial charge in [0, 0.05) is 16.8 Å². The van der Waals surface area contributed by atoms with Gasteiger partial charge in [-0.3, -0.25) is 4.79 Å². The zero-order chi connectivity index (χ0) is 13.8. The van der Waals surface area contributed by atoms with Crippen molar-refractivity contribution in [2.75, 3.05) is 5.75 Å². The monoisotopic (exact) mass is 296 g/mol. The molecular formula is C13H16N2O2S2. The largest absolute Gasteiger partial charge is 0.481 e. The van der Waals surface area contributed by atoms with Crippen LogP contribution in [0.3, 0.4) is 0 Å². The van der Waals surface area contributed by atoms with Crippen molar-refractivity contribution >= 4 is 29.1 Å². The maximum absolute atomic E-state index is 10.7. The van der Waals surface area contributed by atoms with Gasteiger partial charge in [-0.2, -0.15) is 0 Å². The first-order valence-corrected chi connectivity index (χ1v) is 7.87.